The second kappa shape index (κ2) is 7.17. The topological polar surface area (TPSA) is 58.2 Å². The molecular weight excluding hydrogens is 304 g/mol. The zero-order valence-electron chi connectivity index (χ0n) is 12.2. The molecule has 2 aromatic rings. The molecule has 21 heavy (non-hydrogen) atoms. The van der Waals surface area contributed by atoms with Crippen LogP contribution in [0.3, 0.4) is 0 Å². The van der Waals surface area contributed by atoms with E-state index in [4.69, 9.17) is 0 Å². The summed E-state index contributed by atoms with van der Waals surface area (Å²) < 4.78 is 27.1. The van der Waals surface area contributed by atoms with Crippen LogP contribution < -0.4 is 10.0 Å². The van der Waals surface area contributed by atoms with Crippen molar-refractivity contribution >= 4 is 21.4 Å². The Labute approximate surface area is 130 Å². The van der Waals surface area contributed by atoms with Gasteiger partial charge in [0, 0.05) is 23.3 Å². The fourth-order valence-electron chi connectivity index (χ4n) is 1.81. The number of aryl methyl sites for hydroxylation is 1. The van der Waals surface area contributed by atoms with Crippen molar-refractivity contribution in [1.82, 2.24) is 10.0 Å². The van der Waals surface area contributed by atoms with Crippen LogP contribution in [0.4, 0.5) is 0 Å². The molecule has 4 nitrogen and oxygen atoms in total. The van der Waals surface area contributed by atoms with Crippen LogP contribution in [0.1, 0.15) is 22.9 Å². The van der Waals surface area contributed by atoms with Gasteiger partial charge in [-0.1, -0.05) is 36.8 Å². The Morgan fingerprint density at radius 1 is 1.14 bits per heavy atom. The van der Waals surface area contributed by atoms with E-state index in [1.165, 1.54) is 11.3 Å². The van der Waals surface area contributed by atoms with E-state index in [2.05, 4.69) is 10.0 Å². The van der Waals surface area contributed by atoms with Gasteiger partial charge < -0.3 is 5.32 Å². The third-order valence-electron chi connectivity index (χ3n) is 3.08. The molecule has 0 atom stereocenters. The van der Waals surface area contributed by atoms with Crippen molar-refractivity contribution in [3.05, 3.63) is 51.7 Å². The molecule has 0 spiro atoms. The molecule has 0 aliphatic carbocycles. The van der Waals surface area contributed by atoms with Gasteiger partial charge in [-0.15, -0.1) is 11.3 Å². The van der Waals surface area contributed by atoms with Gasteiger partial charge in [-0.2, -0.15) is 0 Å². The lowest BCUT2D eigenvalue weighted by atomic mass is 10.2. The van der Waals surface area contributed by atoms with Gasteiger partial charge >= 0.3 is 0 Å². The van der Waals surface area contributed by atoms with Crippen LogP contribution in [0.25, 0.3) is 0 Å². The van der Waals surface area contributed by atoms with Gasteiger partial charge in [0.2, 0.25) is 10.0 Å². The molecule has 0 amide bonds. The number of hydrogen-bond acceptors (Lipinski definition) is 4. The van der Waals surface area contributed by atoms with E-state index in [9.17, 15) is 8.42 Å². The zero-order chi connectivity index (χ0) is 15.3. The van der Waals surface area contributed by atoms with Crippen LogP contribution in [0.15, 0.2) is 40.6 Å². The molecule has 1 heterocycles. The predicted octanol–water partition coefficient (Wildman–Crippen LogP) is 2.64. The summed E-state index contributed by atoms with van der Waals surface area (Å²) in [5.74, 6) is 0. The van der Waals surface area contributed by atoms with Gasteiger partial charge in [0.1, 0.15) is 0 Å². The Kier molecular flexibility index (Phi) is 5.52. The number of rotatable bonds is 7. The highest BCUT2D eigenvalue weighted by Gasteiger charge is 2.15. The Morgan fingerprint density at radius 3 is 2.52 bits per heavy atom. The maximum Gasteiger partial charge on any atom is 0.241 e. The second-order valence-electron chi connectivity index (χ2n) is 4.84. The van der Waals surface area contributed by atoms with E-state index in [1.807, 2.05) is 38.1 Å². The molecule has 0 saturated carbocycles. The summed E-state index contributed by atoms with van der Waals surface area (Å²) in [6.07, 6.45) is 0. The number of benzene rings is 1. The first kappa shape index (κ1) is 16.2. The standard InChI is InChI=1S/C15H20N2O2S2/c1-3-16-10-14-8-15(11-20-14)21(18,19)17-9-13-6-4-12(2)5-7-13/h4-8,11,16-17H,3,9-10H2,1-2H3. The number of thiophene rings is 1. The summed E-state index contributed by atoms with van der Waals surface area (Å²) in [5.41, 5.74) is 2.11. The van der Waals surface area contributed by atoms with Crippen molar-refractivity contribution in [3.63, 3.8) is 0 Å². The van der Waals surface area contributed by atoms with E-state index in [0.29, 0.717) is 18.0 Å². The molecule has 2 N–H and O–H groups in total. The first-order chi connectivity index (χ1) is 10.0. The highest BCUT2D eigenvalue weighted by molar-refractivity contribution is 7.89. The largest absolute Gasteiger partial charge is 0.312 e. The molecule has 6 heteroatoms. The quantitative estimate of drug-likeness (QED) is 0.823. The first-order valence-corrected chi connectivity index (χ1v) is 9.21. The molecule has 2 rings (SSSR count). The average molecular weight is 324 g/mol. The minimum atomic E-state index is -3.44. The van der Waals surface area contributed by atoms with E-state index in [0.717, 1.165) is 22.5 Å². The summed E-state index contributed by atoms with van der Waals surface area (Å²) in [7, 11) is -3.44. The maximum absolute atomic E-state index is 12.2. The highest BCUT2D eigenvalue weighted by atomic mass is 32.2. The van der Waals surface area contributed by atoms with Crippen molar-refractivity contribution < 1.29 is 8.42 Å². The van der Waals surface area contributed by atoms with Crippen LogP contribution in [0, 0.1) is 6.92 Å². The molecule has 114 valence electrons. The van der Waals surface area contributed by atoms with Crippen molar-refractivity contribution in [2.45, 2.75) is 31.8 Å². The summed E-state index contributed by atoms with van der Waals surface area (Å²) in [4.78, 5) is 1.36. The number of nitrogens with one attached hydrogen (secondary N) is 2. The van der Waals surface area contributed by atoms with Crippen molar-refractivity contribution in [2.24, 2.45) is 0 Å². The van der Waals surface area contributed by atoms with Gasteiger partial charge in [0.25, 0.3) is 0 Å². The van der Waals surface area contributed by atoms with Gasteiger partial charge in [-0.25, -0.2) is 13.1 Å². The lowest BCUT2D eigenvalue weighted by Crippen LogP contribution is -2.22. The fraction of sp³-hybridized carbons (Fsp3) is 0.333. The van der Waals surface area contributed by atoms with Crippen LogP contribution in [0.5, 0.6) is 0 Å². The third-order valence-corrected chi connectivity index (χ3v) is 5.54. The lowest BCUT2D eigenvalue weighted by molar-refractivity contribution is 0.581. The summed E-state index contributed by atoms with van der Waals surface area (Å²) in [5, 5.41) is 4.87. The van der Waals surface area contributed by atoms with Crippen molar-refractivity contribution in [2.75, 3.05) is 6.54 Å². The minimum Gasteiger partial charge on any atom is -0.312 e. The summed E-state index contributed by atoms with van der Waals surface area (Å²) in [6, 6.07) is 9.54. The normalized spacial score (nSPS) is 11.7. The van der Waals surface area contributed by atoms with Crippen molar-refractivity contribution in [1.29, 1.82) is 0 Å². The Balaban J connectivity index is 2.00. The van der Waals surface area contributed by atoms with Crippen LogP contribution in [-0.4, -0.2) is 15.0 Å². The van der Waals surface area contributed by atoms with E-state index < -0.39 is 10.0 Å². The Bertz CT molecular complexity index is 676. The molecule has 0 radical (unpaired) electrons. The van der Waals surface area contributed by atoms with Gasteiger partial charge in [0.05, 0.1) is 4.90 Å². The summed E-state index contributed by atoms with van der Waals surface area (Å²) >= 11 is 1.46. The Hall–Kier alpha value is -1.21. The smallest absolute Gasteiger partial charge is 0.241 e. The molecule has 0 aliphatic rings. The van der Waals surface area contributed by atoms with Gasteiger partial charge in [0.15, 0.2) is 0 Å². The minimum absolute atomic E-state index is 0.307. The van der Waals surface area contributed by atoms with E-state index in [-0.39, 0.29) is 0 Å². The highest BCUT2D eigenvalue weighted by Crippen LogP contribution is 2.19. The number of sulfonamides is 1. The molecule has 1 aromatic carbocycles. The maximum atomic E-state index is 12.2. The zero-order valence-corrected chi connectivity index (χ0v) is 13.9. The number of hydrogen-bond donors (Lipinski definition) is 2. The van der Waals surface area contributed by atoms with Crippen LogP contribution in [0.2, 0.25) is 0 Å². The van der Waals surface area contributed by atoms with Crippen LogP contribution in [-0.2, 0) is 23.1 Å². The predicted molar refractivity (Wildman–Crippen MR) is 86.9 cm³/mol. The first-order valence-electron chi connectivity index (χ1n) is 6.84. The van der Waals surface area contributed by atoms with Crippen molar-refractivity contribution in [3.8, 4) is 0 Å². The molecule has 0 bridgehead atoms. The SMILES string of the molecule is CCNCc1cc(S(=O)(=O)NCc2ccc(C)cc2)cs1. The molecule has 0 fully saturated rings. The van der Waals surface area contributed by atoms with Gasteiger partial charge in [-0.05, 0) is 25.1 Å². The molecular formula is C15H20N2O2S2. The third kappa shape index (κ3) is 4.64. The van der Waals surface area contributed by atoms with E-state index in [1.54, 1.807) is 11.4 Å². The van der Waals surface area contributed by atoms with E-state index >= 15 is 0 Å². The second-order valence-corrected chi connectivity index (χ2v) is 7.60. The molecule has 0 saturated heterocycles. The van der Waals surface area contributed by atoms with Crippen LogP contribution >= 0.6 is 11.3 Å². The van der Waals surface area contributed by atoms with Gasteiger partial charge in [-0.3, -0.25) is 0 Å². The average Bonchev–Trinajstić information content (AvgIpc) is 2.94. The lowest BCUT2D eigenvalue weighted by Gasteiger charge is -2.05. The molecule has 0 unspecified atom stereocenters. The monoisotopic (exact) mass is 324 g/mol. The molecule has 0 aliphatic heterocycles. The fourth-order valence-corrected chi connectivity index (χ4v) is 4.07. The molecule has 1 aromatic heterocycles. The Morgan fingerprint density at radius 2 is 1.86 bits per heavy atom. The summed E-state index contributed by atoms with van der Waals surface area (Å²) in [6.45, 7) is 5.90.